The standard InChI is InChI=1S/C13H9N3/c14-9-11-12-5-1-2-8-16(12)10-13(11)15-6-3-4-7-15/h1-8,10H. The molecule has 0 aromatic carbocycles. The number of fused-ring (bicyclic) bond motifs is 1. The molecule has 0 bridgehead atoms. The van der Waals surface area contributed by atoms with Crippen molar-refractivity contribution in [1.82, 2.24) is 8.97 Å². The lowest BCUT2D eigenvalue weighted by atomic mass is 10.2. The maximum atomic E-state index is 9.23. The van der Waals surface area contributed by atoms with E-state index in [2.05, 4.69) is 6.07 Å². The molecule has 0 amide bonds. The van der Waals surface area contributed by atoms with Gasteiger partial charge in [0, 0.05) is 24.8 Å². The molecule has 0 saturated heterocycles. The number of nitriles is 1. The van der Waals surface area contributed by atoms with Crippen LogP contribution in [0, 0.1) is 11.3 Å². The summed E-state index contributed by atoms with van der Waals surface area (Å²) in [7, 11) is 0. The molecule has 3 aromatic rings. The fourth-order valence-corrected chi connectivity index (χ4v) is 1.91. The van der Waals surface area contributed by atoms with Crippen LogP contribution in [0.15, 0.2) is 55.1 Å². The fraction of sp³-hybridized carbons (Fsp3) is 0. The molecule has 3 heteroatoms. The predicted molar refractivity (Wildman–Crippen MR) is 61.4 cm³/mol. The summed E-state index contributed by atoms with van der Waals surface area (Å²) < 4.78 is 3.92. The van der Waals surface area contributed by atoms with E-state index in [-0.39, 0.29) is 0 Å². The summed E-state index contributed by atoms with van der Waals surface area (Å²) in [4.78, 5) is 0. The second-order valence-electron chi connectivity index (χ2n) is 3.58. The molecular weight excluding hydrogens is 198 g/mol. The molecule has 0 atom stereocenters. The molecule has 0 saturated carbocycles. The van der Waals surface area contributed by atoms with Gasteiger partial charge >= 0.3 is 0 Å². The van der Waals surface area contributed by atoms with E-state index >= 15 is 0 Å². The predicted octanol–water partition coefficient (Wildman–Crippen LogP) is 2.60. The van der Waals surface area contributed by atoms with Gasteiger partial charge < -0.3 is 8.97 Å². The van der Waals surface area contributed by atoms with Gasteiger partial charge in [0.2, 0.25) is 0 Å². The van der Waals surface area contributed by atoms with E-state index in [0.717, 1.165) is 11.2 Å². The fourth-order valence-electron chi connectivity index (χ4n) is 1.91. The van der Waals surface area contributed by atoms with Gasteiger partial charge in [0.15, 0.2) is 0 Å². The molecule has 16 heavy (non-hydrogen) atoms. The van der Waals surface area contributed by atoms with Gasteiger partial charge in [-0.3, -0.25) is 0 Å². The quantitative estimate of drug-likeness (QED) is 0.603. The van der Waals surface area contributed by atoms with Crippen LogP contribution in [0.25, 0.3) is 11.2 Å². The van der Waals surface area contributed by atoms with Crippen LogP contribution in [0.1, 0.15) is 5.56 Å². The number of hydrogen-bond acceptors (Lipinski definition) is 1. The normalized spacial score (nSPS) is 10.4. The number of hydrogen-bond donors (Lipinski definition) is 0. The number of pyridine rings is 1. The van der Waals surface area contributed by atoms with Crippen molar-refractivity contribution >= 4 is 5.52 Å². The second-order valence-corrected chi connectivity index (χ2v) is 3.58. The molecule has 0 fully saturated rings. The van der Waals surface area contributed by atoms with Crippen molar-refractivity contribution < 1.29 is 0 Å². The van der Waals surface area contributed by atoms with Gasteiger partial charge in [0.25, 0.3) is 0 Å². The number of aromatic nitrogens is 2. The van der Waals surface area contributed by atoms with E-state index in [1.54, 1.807) is 0 Å². The van der Waals surface area contributed by atoms with Gasteiger partial charge in [-0.1, -0.05) is 6.07 Å². The average Bonchev–Trinajstić information content (AvgIpc) is 2.95. The number of nitrogens with zero attached hydrogens (tertiary/aromatic N) is 3. The van der Waals surface area contributed by atoms with Crippen molar-refractivity contribution in [2.24, 2.45) is 0 Å². The highest BCUT2D eigenvalue weighted by Gasteiger charge is 2.10. The molecule has 0 aliphatic carbocycles. The smallest absolute Gasteiger partial charge is 0.104 e. The largest absolute Gasteiger partial charge is 0.321 e. The molecule has 3 rings (SSSR count). The molecule has 3 nitrogen and oxygen atoms in total. The van der Waals surface area contributed by atoms with Crippen molar-refractivity contribution in [1.29, 1.82) is 5.26 Å². The Balaban J connectivity index is 2.38. The first-order chi connectivity index (χ1) is 7.90. The molecule has 0 N–H and O–H groups in total. The van der Waals surface area contributed by atoms with Gasteiger partial charge in [-0.2, -0.15) is 5.26 Å². The van der Waals surface area contributed by atoms with Crippen molar-refractivity contribution in [3.05, 3.63) is 60.7 Å². The molecule has 0 radical (unpaired) electrons. The van der Waals surface area contributed by atoms with Crippen molar-refractivity contribution in [3.8, 4) is 11.8 Å². The summed E-state index contributed by atoms with van der Waals surface area (Å²) >= 11 is 0. The van der Waals surface area contributed by atoms with E-state index in [1.165, 1.54) is 0 Å². The summed E-state index contributed by atoms with van der Waals surface area (Å²) in [6, 6.07) is 12.0. The third kappa shape index (κ3) is 1.14. The lowest BCUT2D eigenvalue weighted by Crippen LogP contribution is -1.89. The zero-order chi connectivity index (χ0) is 11.0. The third-order valence-electron chi connectivity index (χ3n) is 2.66. The van der Waals surface area contributed by atoms with Crippen LogP contribution in [0.4, 0.5) is 0 Å². The van der Waals surface area contributed by atoms with E-state index in [1.807, 2.05) is 64.1 Å². The van der Waals surface area contributed by atoms with Crippen molar-refractivity contribution in [3.63, 3.8) is 0 Å². The Bertz CT molecular complexity index is 669. The Hall–Kier alpha value is -2.47. The Morgan fingerprint density at radius 3 is 2.50 bits per heavy atom. The summed E-state index contributed by atoms with van der Waals surface area (Å²) in [5, 5.41) is 9.23. The second kappa shape index (κ2) is 3.28. The first kappa shape index (κ1) is 8.81. The summed E-state index contributed by atoms with van der Waals surface area (Å²) in [6.07, 6.45) is 7.79. The van der Waals surface area contributed by atoms with Gasteiger partial charge in [-0.05, 0) is 24.3 Å². The monoisotopic (exact) mass is 207 g/mol. The van der Waals surface area contributed by atoms with E-state index in [0.29, 0.717) is 5.56 Å². The highest BCUT2D eigenvalue weighted by Crippen LogP contribution is 2.21. The zero-order valence-corrected chi connectivity index (χ0v) is 8.54. The molecular formula is C13H9N3. The van der Waals surface area contributed by atoms with E-state index in [9.17, 15) is 5.26 Å². The van der Waals surface area contributed by atoms with Gasteiger partial charge in [0.1, 0.15) is 11.6 Å². The Morgan fingerprint density at radius 2 is 1.75 bits per heavy atom. The zero-order valence-electron chi connectivity index (χ0n) is 8.54. The number of rotatable bonds is 1. The van der Waals surface area contributed by atoms with Crippen LogP contribution in [0.2, 0.25) is 0 Å². The van der Waals surface area contributed by atoms with Crippen LogP contribution in [-0.2, 0) is 0 Å². The summed E-state index contributed by atoms with van der Waals surface area (Å²) in [5.74, 6) is 0. The summed E-state index contributed by atoms with van der Waals surface area (Å²) in [6.45, 7) is 0. The van der Waals surface area contributed by atoms with Gasteiger partial charge in [-0.25, -0.2) is 0 Å². The molecule has 0 aliphatic rings. The Kier molecular flexibility index (Phi) is 1.81. The van der Waals surface area contributed by atoms with Gasteiger partial charge in [-0.15, -0.1) is 0 Å². The molecule has 0 aliphatic heterocycles. The Morgan fingerprint density at radius 1 is 1.00 bits per heavy atom. The minimum absolute atomic E-state index is 0.705. The van der Waals surface area contributed by atoms with Crippen LogP contribution >= 0.6 is 0 Å². The lowest BCUT2D eigenvalue weighted by Gasteiger charge is -1.97. The summed E-state index contributed by atoms with van der Waals surface area (Å²) in [5.41, 5.74) is 2.56. The van der Waals surface area contributed by atoms with Crippen LogP contribution in [0.3, 0.4) is 0 Å². The highest BCUT2D eigenvalue weighted by molar-refractivity contribution is 5.70. The SMILES string of the molecule is N#Cc1c(-n2cccc2)cn2ccccc12. The molecule has 3 aromatic heterocycles. The lowest BCUT2D eigenvalue weighted by molar-refractivity contribution is 1.07. The molecule has 0 unspecified atom stereocenters. The maximum absolute atomic E-state index is 9.23. The minimum Gasteiger partial charge on any atom is -0.321 e. The first-order valence-corrected chi connectivity index (χ1v) is 5.03. The highest BCUT2D eigenvalue weighted by atomic mass is 15.0. The molecule has 76 valence electrons. The first-order valence-electron chi connectivity index (χ1n) is 5.03. The molecule has 0 spiro atoms. The van der Waals surface area contributed by atoms with Gasteiger partial charge in [0.05, 0.1) is 11.2 Å². The minimum atomic E-state index is 0.705. The topological polar surface area (TPSA) is 33.1 Å². The van der Waals surface area contributed by atoms with Crippen molar-refractivity contribution in [2.45, 2.75) is 0 Å². The van der Waals surface area contributed by atoms with Crippen molar-refractivity contribution in [2.75, 3.05) is 0 Å². The van der Waals surface area contributed by atoms with E-state index in [4.69, 9.17) is 0 Å². The average molecular weight is 207 g/mol. The third-order valence-corrected chi connectivity index (χ3v) is 2.66. The van der Waals surface area contributed by atoms with E-state index < -0.39 is 0 Å². The Labute approximate surface area is 92.8 Å². The van der Waals surface area contributed by atoms with Crippen LogP contribution in [-0.4, -0.2) is 8.97 Å². The van der Waals surface area contributed by atoms with Crippen LogP contribution in [0.5, 0.6) is 0 Å². The van der Waals surface area contributed by atoms with Crippen LogP contribution < -0.4 is 0 Å². The molecule has 3 heterocycles. The maximum Gasteiger partial charge on any atom is 0.104 e.